The lowest BCUT2D eigenvalue weighted by Crippen LogP contribution is -2.41. The van der Waals surface area contributed by atoms with Gasteiger partial charge in [-0.3, -0.25) is 4.99 Å². The van der Waals surface area contributed by atoms with Crippen LogP contribution in [0.5, 0.6) is 0 Å². The minimum Gasteiger partial charge on any atom is -0.356 e. The molecule has 1 aliphatic rings. The fourth-order valence-corrected chi connectivity index (χ4v) is 2.95. The van der Waals surface area contributed by atoms with Crippen LogP contribution in [0.2, 0.25) is 5.02 Å². The van der Waals surface area contributed by atoms with Gasteiger partial charge >= 0.3 is 0 Å². The van der Waals surface area contributed by atoms with Crippen LogP contribution in [0.3, 0.4) is 0 Å². The molecule has 1 N–H and O–H groups in total. The number of nitrogens with zero attached hydrogens (tertiary/aromatic N) is 2. The lowest BCUT2D eigenvalue weighted by atomic mass is 9.93. The molecule has 0 spiro atoms. The quantitative estimate of drug-likeness (QED) is 0.685. The van der Waals surface area contributed by atoms with Gasteiger partial charge in [-0.2, -0.15) is 0 Å². The molecule has 1 aromatic carbocycles. The Morgan fingerprint density at radius 1 is 1.48 bits per heavy atom. The van der Waals surface area contributed by atoms with Crippen LogP contribution in [0, 0.1) is 11.2 Å². The monoisotopic (exact) mass is 311 g/mol. The van der Waals surface area contributed by atoms with Crippen molar-refractivity contribution in [3.63, 3.8) is 0 Å². The van der Waals surface area contributed by atoms with Gasteiger partial charge in [0.05, 0.1) is 0 Å². The van der Waals surface area contributed by atoms with Crippen LogP contribution in [0.25, 0.3) is 0 Å². The van der Waals surface area contributed by atoms with Gasteiger partial charge in [0.25, 0.3) is 0 Å². The summed E-state index contributed by atoms with van der Waals surface area (Å²) in [6.07, 6.45) is 1.70. The van der Waals surface area contributed by atoms with Crippen molar-refractivity contribution in [2.75, 3.05) is 26.7 Å². The SMILES string of the molecule is CN=C(NCCc1c(F)cccc1Cl)N1CCC(C)(C)C1. The molecular formula is C16H23ClFN3. The van der Waals surface area contributed by atoms with Crippen LogP contribution in [0.15, 0.2) is 23.2 Å². The number of halogens is 2. The largest absolute Gasteiger partial charge is 0.356 e. The fourth-order valence-electron chi connectivity index (χ4n) is 2.70. The summed E-state index contributed by atoms with van der Waals surface area (Å²) >= 11 is 6.03. The topological polar surface area (TPSA) is 27.6 Å². The lowest BCUT2D eigenvalue weighted by molar-refractivity contribution is 0.370. The van der Waals surface area contributed by atoms with Crippen LogP contribution >= 0.6 is 11.6 Å². The van der Waals surface area contributed by atoms with Crippen molar-refractivity contribution in [1.82, 2.24) is 10.2 Å². The molecule has 0 unspecified atom stereocenters. The number of guanidine groups is 1. The summed E-state index contributed by atoms with van der Waals surface area (Å²) in [5, 5.41) is 3.78. The van der Waals surface area contributed by atoms with E-state index in [9.17, 15) is 4.39 Å². The summed E-state index contributed by atoms with van der Waals surface area (Å²) in [6.45, 7) is 7.14. The first kappa shape index (κ1) is 16.1. The molecule has 1 heterocycles. The lowest BCUT2D eigenvalue weighted by Gasteiger charge is -2.23. The highest BCUT2D eigenvalue weighted by atomic mass is 35.5. The Morgan fingerprint density at radius 3 is 2.81 bits per heavy atom. The maximum Gasteiger partial charge on any atom is 0.193 e. The number of hydrogen-bond donors (Lipinski definition) is 1. The van der Waals surface area contributed by atoms with E-state index in [4.69, 9.17) is 11.6 Å². The van der Waals surface area contributed by atoms with Crippen molar-refractivity contribution in [3.05, 3.63) is 34.6 Å². The van der Waals surface area contributed by atoms with E-state index < -0.39 is 0 Å². The first-order valence-corrected chi connectivity index (χ1v) is 7.69. The first-order chi connectivity index (χ1) is 9.93. The number of likely N-dealkylation sites (tertiary alicyclic amines) is 1. The second kappa shape index (κ2) is 6.65. The molecule has 1 saturated heterocycles. The summed E-state index contributed by atoms with van der Waals surface area (Å²) in [5.41, 5.74) is 0.885. The van der Waals surface area contributed by atoms with Crippen LogP contribution in [0.4, 0.5) is 4.39 Å². The number of rotatable bonds is 3. The third kappa shape index (κ3) is 4.10. The van der Waals surface area contributed by atoms with Gasteiger partial charge in [-0.1, -0.05) is 31.5 Å². The number of nitrogens with one attached hydrogen (secondary N) is 1. The minimum atomic E-state index is -0.249. The van der Waals surface area contributed by atoms with Crippen molar-refractivity contribution in [1.29, 1.82) is 0 Å². The number of hydrogen-bond acceptors (Lipinski definition) is 1. The molecule has 1 aliphatic heterocycles. The zero-order valence-corrected chi connectivity index (χ0v) is 13.7. The highest BCUT2D eigenvalue weighted by Crippen LogP contribution is 2.28. The average molecular weight is 312 g/mol. The molecule has 0 aliphatic carbocycles. The summed E-state index contributed by atoms with van der Waals surface area (Å²) in [4.78, 5) is 6.57. The van der Waals surface area contributed by atoms with Crippen molar-refractivity contribution in [2.45, 2.75) is 26.7 Å². The Balaban J connectivity index is 1.90. The minimum absolute atomic E-state index is 0.249. The van der Waals surface area contributed by atoms with Crippen LogP contribution in [0.1, 0.15) is 25.8 Å². The molecule has 116 valence electrons. The molecule has 21 heavy (non-hydrogen) atoms. The van der Waals surface area contributed by atoms with Gasteiger partial charge in [-0.05, 0) is 30.4 Å². The maximum atomic E-state index is 13.7. The second-order valence-corrected chi connectivity index (χ2v) is 6.67. The molecule has 5 heteroatoms. The fraction of sp³-hybridized carbons (Fsp3) is 0.562. The van der Waals surface area contributed by atoms with Crippen molar-refractivity contribution < 1.29 is 4.39 Å². The van der Waals surface area contributed by atoms with Gasteiger partial charge in [-0.25, -0.2) is 4.39 Å². The smallest absolute Gasteiger partial charge is 0.193 e. The molecule has 0 saturated carbocycles. The summed E-state index contributed by atoms with van der Waals surface area (Å²) in [7, 11) is 1.78. The molecule has 1 aromatic rings. The Bertz CT molecular complexity index is 508. The average Bonchev–Trinajstić information content (AvgIpc) is 2.78. The van der Waals surface area contributed by atoms with Crippen molar-refractivity contribution in [3.8, 4) is 0 Å². The zero-order valence-electron chi connectivity index (χ0n) is 12.9. The van der Waals surface area contributed by atoms with Crippen molar-refractivity contribution >= 4 is 17.6 Å². The van der Waals surface area contributed by atoms with E-state index in [-0.39, 0.29) is 5.82 Å². The van der Waals surface area contributed by atoms with Crippen LogP contribution < -0.4 is 5.32 Å². The van der Waals surface area contributed by atoms with E-state index in [1.165, 1.54) is 6.07 Å². The van der Waals surface area contributed by atoms with E-state index in [1.807, 2.05) is 0 Å². The van der Waals surface area contributed by atoms with Gasteiger partial charge < -0.3 is 10.2 Å². The van der Waals surface area contributed by atoms with E-state index in [0.717, 1.165) is 25.5 Å². The predicted molar refractivity (Wildman–Crippen MR) is 86.4 cm³/mol. The van der Waals surface area contributed by atoms with E-state index in [0.29, 0.717) is 29.0 Å². The predicted octanol–water partition coefficient (Wildman–Crippen LogP) is 3.33. The highest BCUT2D eigenvalue weighted by Gasteiger charge is 2.30. The van der Waals surface area contributed by atoms with Gasteiger partial charge in [0.2, 0.25) is 0 Å². The van der Waals surface area contributed by atoms with Gasteiger partial charge in [0, 0.05) is 37.3 Å². The van der Waals surface area contributed by atoms with Gasteiger partial charge in [0.1, 0.15) is 5.82 Å². The third-order valence-electron chi connectivity index (χ3n) is 3.91. The second-order valence-electron chi connectivity index (χ2n) is 6.26. The van der Waals surface area contributed by atoms with Crippen LogP contribution in [-0.4, -0.2) is 37.5 Å². The van der Waals surface area contributed by atoms with Crippen molar-refractivity contribution in [2.24, 2.45) is 10.4 Å². The van der Waals surface area contributed by atoms with Gasteiger partial charge in [-0.15, -0.1) is 0 Å². The Labute approximate surface area is 131 Å². The summed E-state index contributed by atoms with van der Waals surface area (Å²) in [5.74, 6) is 0.634. The molecule has 3 nitrogen and oxygen atoms in total. The normalized spacial score (nSPS) is 18.1. The third-order valence-corrected chi connectivity index (χ3v) is 4.26. The van der Waals surface area contributed by atoms with E-state index in [1.54, 1.807) is 19.2 Å². The standard InChI is InChI=1S/C16H23ClFN3/c1-16(2)8-10-21(11-16)15(19-3)20-9-7-12-13(17)5-4-6-14(12)18/h4-6H,7-11H2,1-3H3,(H,19,20). The van der Waals surface area contributed by atoms with E-state index in [2.05, 4.69) is 29.1 Å². The Kier molecular flexibility index (Phi) is 5.09. The highest BCUT2D eigenvalue weighted by molar-refractivity contribution is 6.31. The van der Waals surface area contributed by atoms with Crippen LogP contribution in [-0.2, 0) is 6.42 Å². The first-order valence-electron chi connectivity index (χ1n) is 7.31. The molecular weight excluding hydrogens is 289 g/mol. The maximum absolute atomic E-state index is 13.7. The molecule has 0 atom stereocenters. The molecule has 2 rings (SSSR count). The zero-order chi connectivity index (χ0) is 15.5. The van der Waals surface area contributed by atoms with Gasteiger partial charge in [0.15, 0.2) is 5.96 Å². The molecule has 1 fully saturated rings. The Morgan fingerprint density at radius 2 is 2.24 bits per heavy atom. The molecule has 0 radical (unpaired) electrons. The molecule has 0 bridgehead atoms. The summed E-state index contributed by atoms with van der Waals surface area (Å²) in [6, 6.07) is 4.79. The molecule has 0 amide bonds. The number of benzene rings is 1. The van der Waals surface area contributed by atoms with E-state index >= 15 is 0 Å². The Hall–Kier alpha value is -1.29. The number of aliphatic imine (C=N–C) groups is 1. The summed E-state index contributed by atoms with van der Waals surface area (Å²) < 4.78 is 13.7. The molecule has 0 aromatic heterocycles.